The summed E-state index contributed by atoms with van der Waals surface area (Å²) in [6.07, 6.45) is 0.703. The van der Waals surface area contributed by atoms with Crippen molar-refractivity contribution in [3.63, 3.8) is 0 Å². The van der Waals surface area contributed by atoms with Crippen molar-refractivity contribution in [3.8, 4) is 0 Å². The fourth-order valence-electron chi connectivity index (χ4n) is 10.6. The number of aliphatic hydroxyl groups is 4. The number of esters is 1. The molecule has 11 nitrogen and oxygen atoms in total. The van der Waals surface area contributed by atoms with Gasteiger partial charge in [0.05, 0.1) is 19.0 Å². The summed E-state index contributed by atoms with van der Waals surface area (Å²) in [5.74, 6) is 0.640. The third-order valence-corrected chi connectivity index (χ3v) is 12.6. The maximum Gasteiger partial charge on any atom is 0.335 e. The molecule has 11 heteroatoms. The molecular formula is C32H44O11. The van der Waals surface area contributed by atoms with Crippen molar-refractivity contribution >= 4 is 5.97 Å². The van der Waals surface area contributed by atoms with Gasteiger partial charge in [-0.05, 0) is 79.7 Å². The first-order valence-electron chi connectivity index (χ1n) is 15.8. The van der Waals surface area contributed by atoms with E-state index < -0.39 is 54.6 Å². The Balaban J connectivity index is 1.11. The summed E-state index contributed by atoms with van der Waals surface area (Å²) in [4.78, 5) is 24.0. The topological polar surface area (TPSA) is 168 Å². The summed E-state index contributed by atoms with van der Waals surface area (Å²) in [6, 6.07) is 3.24. The first-order valence-corrected chi connectivity index (χ1v) is 15.8. The largest absolute Gasteiger partial charge is 0.459 e. The summed E-state index contributed by atoms with van der Waals surface area (Å²) in [6.45, 7) is 5.61. The highest BCUT2D eigenvalue weighted by Crippen LogP contribution is 2.78. The van der Waals surface area contributed by atoms with Gasteiger partial charge in [-0.1, -0.05) is 13.8 Å². The zero-order chi connectivity index (χ0) is 30.5. The predicted molar refractivity (Wildman–Crippen MR) is 149 cm³/mol. The number of epoxide rings is 1. The van der Waals surface area contributed by atoms with E-state index in [0.29, 0.717) is 17.8 Å². The molecule has 43 heavy (non-hydrogen) atoms. The first kappa shape index (κ1) is 29.8. The highest BCUT2D eigenvalue weighted by Gasteiger charge is 2.84. The SMILES string of the molecule is CC(=O)OC1C(c2ccc(=O)oc2)C2(C)CCC3C(CCC4CC(OC5OC(CO)C(O)C(O)C5O)CCC43C)C23OC13. The lowest BCUT2D eigenvalue weighted by Gasteiger charge is -2.61. The molecule has 1 spiro atoms. The summed E-state index contributed by atoms with van der Waals surface area (Å²) in [5, 5.41) is 40.4. The molecule has 4 saturated carbocycles. The van der Waals surface area contributed by atoms with Crippen LogP contribution in [-0.4, -0.2) is 87.6 Å². The van der Waals surface area contributed by atoms with Crippen molar-refractivity contribution in [1.29, 1.82) is 0 Å². The standard InChI is InChI=1S/C32H44O11/c1-15(34)40-27-23(16-4-7-22(35)39-14-16)31(3)11-9-19-20(32(31)28(27)43-32)6-5-17-12-18(8-10-30(17,19)2)41-29-26(38)25(37)24(36)21(13-33)42-29/h4,7,14,17-21,23-29,33,36-38H,5-6,8-13H2,1-3H3. The summed E-state index contributed by atoms with van der Waals surface area (Å²) in [7, 11) is 0. The van der Waals surface area contributed by atoms with Gasteiger partial charge in [-0.25, -0.2) is 4.79 Å². The van der Waals surface area contributed by atoms with Crippen LogP contribution in [0.2, 0.25) is 0 Å². The second-order valence-electron chi connectivity index (χ2n) is 14.5. The third kappa shape index (κ3) is 4.26. The van der Waals surface area contributed by atoms with Crippen molar-refractivity contribution in [2.24, 2.45) is 28.6 Å². The highest BCUT2D eigenvalue weighted by molar-refractivity contribution is 5.66. The smallest absolute Gasteiger partial charge is 0.335 e. The number of aliphatic hydroxyl groups excluding tert-OH is 4. The molecule has 1 aromatic rings. The van der Waals surface area contributed by atoms with Gasteiger partial charge in [0.25, 0.3) is 0 Å². The number of hydrogen-bond donors (Lipinski definition) is 4. The molecule has 6 aliphatic rings. The molecule has 2 saturated heterocycles. The van der Waals surface area contributed by atoms with Crippen LogP contribution < -0.4 is 5.63 Å². The fourth-order valence-corrected chi connectivity index (χ4v) is 10.6. The van der Waals surface area contributed by atoms with Gasteiger partial charge in [0.15, 0.2) is 6.29 Å². The van der Waals surface area contributed by atoms with Gasteiger partial charge in [-0.3, -0.25) is 4.79 Å². The maximum absolute atomic E-state index is 12.3. The number of ether oxygens (including phenoxy) is 4. The van der Waals surface area contributed by atoms with Crippen molar-refractivity contribution in [2.45, 2.75) is 126 Å². The van der Waals surface area contributed by atoms with Gasteiger partial charge >= 0.3 is 11.6 Å². The molecule has 0 bridgehead atoms. The molecule has 1 aromatic heterocycles. The van der Waals surface area contributed by atoms with E-state index in [1.54, 1.807) is 6.07 Å². The average Bonchev–Trinajstić information content (AvgIpc) is 3.68. The van der Waals surface area contributed by atoms with Gasteiger partial charge in [-0.15, -0.1) is 0 Å². The van der Waals surface area contributed by atoms with Gasteiger partial charge in [0.2, 0.25) is 0 Å². The van der Waals surface area contributed by atoms with Crippen LogP contribution in [0.4, 0.5) is 0 Å². The van der Waals surface area contributed by atoms with E-state index in [2.05, 4.69) is 13.8 Å². The van der Waals surface area contributed by atoms with Crippen LogP contribution in [-0.2, 0) is 23.7 Å². The van der Waals surface area contributed by atoms with Crippen LogP contribution in [0.5, 0.6) is 0 Å². The zero-order valence-corrected chi connectivity index (χ0v) is 25.0. The predicted octanol–water partition coefficient (Wildman–Crippen LogP) is 1.62. The minimum absolute atomic E-state index is 0.0549. The number of fused-ring (bicyclic) bond motifs is 3. The Morgan fingerprint density at radius 2 is 1.81 bits per heavy atom. The van der Waals surface area contributed by atoms with Gasteiger partial charge in [0, 0.05) is 24.3 Å². The molecule has 6 fully saturated rings. The summed E-state index contributed by atoms with van der Waals surface area (Å²) in [5.41, 5.74) is -0.180. The molecule has 7 rings (SSSR count). The van der Waals surface area contributed by atoms with Crippen LogP contribution in [0, 0.1) is 28.6 Å². The summed E-state index contributed by atoms with van der Waals surface area (Å²) < 4.78 is 29.8. The molecule has 3 heterocycles. The lowest BCUT2D eigenvalue weighted by molar-refractivity contribution is -0.316. The molecule has 4 N–H and O–H groups in total. The Hall–Kier alpha value is -1.86. The van der Waals surface area contributed by atoms with E-state index in [9.17, 15) is 30.0 Å². The number of rotatable bonds is 5. The van der Waals surface area contributed by atoms with Crippen molar-refractivity contribution in [1.82, 2.24) is 0 Å². The number of carbonyl (C=O) groups excluding carboxylic acids is 1. The second-order valence-corrected chi connectivity index (χ2v) is 14.5. The Morgan fingerprint density at radius 1 is 1.02 bits per heavy atom. The number of carbonyl (C=O) groups is 1. The molecule has 0 amide bonds. The van der Waals surface area contributed by atoms with Gasteiger partial charge < -0.3 is 43.8 Å². The molecule has 2 aliphatic heterocycles. The number of hydrogen-bond acceptors (Lipinski definition) is 11. The molecule has 15 unspecified atom stereocenters. The Bertz CT molecular complexity index is 1280. The fraction of sp³-hybridized carbons (Fsp3) is 0.812. The first-order chi connectivity index (χ1) is 20.4. The van der Waals surface area contributed by atoms with E-state index in [4.69, 9.17) is 23.4 Å². The van der Waals surface area contributed by atoms with Crippen LogP contribution in [0.1, 0.15) is 77.2 Å². The minimum atomic E-state index is -1.46. The van der Waals surface area contributed by atoms with Gasteiger partial charge in [0.1, 0.15) is 42.2 Å². The molecule has 0 radical (unpaired) electrons. The quantitative estimate of drug-likeness (QED) is 0.219. The highest BCUT2D eigenvalue weighted by atomic mass is 16.7. The maximum atomic E-state index is 12.3. The van der Waals surface area contributed by atoms with E-state index in [0.717, 1.165) is 50.5 Å². The lowest BCUT2D eigenvalue weighted by Crippen LogP contribution is -2.60. The minimum Gasteiger partial charge on any atom is -0.459 e. The molecular weight excluding hydrogens is 560 g/mol. The molecule has 4 aliphatic carbocycles. The van der Waals surface area contributed by atoms with E-state index >= 15 is 0 Å². The Labute approximate surface area is 250 Å². The van der Waals surface area contributed by atoms with E-state index in [1.165, 1.54) is 19.3 Å². The summed E-state index contributed by atoms with van der Waals surface area (Å²) >= 11 is 0. The average molecular weight is 605 g/mol. The molecule has 238 valence electrons. The van der Waals surface area contributed by atoms with Gasteiger partial charge in [-0.2, -0.15) is 0 Å². The van der Waals surface area contributed by atoms with Crippen LogP contribution >= 0.6 is 0 Å². The van der Waals surface area contributed by atoms with E-state index in [-0.39, 0.29) is 34.9 Å². The van der Waals surface area contributed by atoms with Crippen molar-refractivity contribution < 1.29 is 48.6 Å². The van der Waals surface area contributed by atoms with Crippen LogP contribution in [0.3, 0.4) is 0 Å². The molecule has 0 aromatic carbocycles. The Kier molecular flexibility index (Phi) is 7.17. The Morgan fingerprint density at radius 3 is 2.51 bits per heavy atom. The van der Waals surface area contributed by atoms with Crippen LogP contribution in [0.15, 0.2) is 27.6 Å². The van der Waals surface area contributed by atoms with E-state index in [1.807, 2.05) is 0 Å². The normalized spacial score (nSPS) is 51.9. The third-order valence-electron chi connectivity index (χ3n) is 12.6. The van der Waals surface area contributed by atoms with Crippen molar-refractivity contribution in [3.05, 3.63) is 34.4 Å². The van der Waals surface area contributed by atoms with Crippen LogP contribution in [0.25, 0.3) is 0 Å². The second kappa shape index (κ2) is 10.3. The van der Waals surface area contributed by atoms with Crippen molar-refractivity contribution in [2.75, 3.05) is 6.61 Å². The monoisotopic (exact) mass is 604 g/mol. The molecule has 15 atom stereocenters. The lowest BCUT2D eigenvalue weighted by atomic mass is 9.44. The zero-order valence-electron chi connectivity index (χ0n) is 25.0.